The lowest BCUT2D eigenvalue weighted by molar-refractivity contribution is -0.123. The Balaban J connectivity index is 1.58. The molecule has 1 unspecified atom stereocenters. The van der Waals surface area contributed by atoms with Gasteiger partial charge in [0.1, 0.15) is 11.7 Å². The van der Waals surface area contributed by atoms with Gasteiger partial charge in [-0.3, -0.25) is 23.9 Å². The molecule has 2 aromatic rings. The summed E-state index contributed by atoms with van der Waals surface area (Å²) < 4.78 is 23.8. The number of rotatable bonds is 16. The number of carbonyl (C=O) groups excluding carboxylic acids is 3. The summed E-state index contributed by atoms with van der Waals surface area (Å²) in [6, 6.07) is 8.48. The fourth-order valence-corrected chi connectivity index (χ4v) is 6.93. The third-order valence-electron chi connectivity index (χ3n) is 7.59. The predicted octanol–water partition coefficient (Wildman–Crippen LogP) is 1.16. The molecule has 3 atom stereocenters. The van der Waals surface area contributed by atoms with Crippen molar-refractivity contribution in [2.75, 3.05) is 32.8 Å². The van der Waals surface area contributed by atoms with Gasteiger partial charge in [0.15, 0.2) is 0 Å². The summed E-state index contributed by atoms with van der Waals surface area (Å²) in [5.74, 6) is -1.88. The Morgan fingerprint density at radius 3 is 2.27 bits per heavy atom. The Bertz CT molecular complexity index is 1350. The number of nitrogens with zero attached hydrogens (tertiary/aromatic N) is 3. The van der Waals surface area contributed by atoms with Crippen LogP contribution in [0.4, 0.5) is 0 Å². The molecule has 19 heteroatoms. The molecule has 1 aromatic heterocycles. The van der Waals surface area contributed by atoms with E-state index in [1.807, 2.05) is 49.5 Å². The maximum Gasteiger partial charge on any atom is 0.480 e. The minimum Gasteiger partial charge on any atom is -0.410 e. The number of carbonyl (C=O) groups is 3. The molecule has 0 bridgehead atoms. The van der Waals surface area contributed by atoms with Crippen molar-refractivity contribution < 1.29 is 47.8 Å². The summed E-state index contributed by atoms with van der Waals surface area (Å²) in [6.45, 7) is 6.59. The van der Waals surface area contributed by atoms with Crippen LogP contribution in [0.25, 0.3) is 0 Å². The van der Waals surface area contributed by atoms with Crippen molar-refractivity contribution >= 4 is 40.8 Å². The molecule has 49 heavy (non-hydrogen) atoms. The van der Waals surface area contributed by atoms with Crippen LogP contribution in [0.2, 0.25) is 0 Å². The van der Waals surface area contributed by atoms with Gasteiger partial charge < -0.3 is 49.7 Å². The molecule has 0 saturated carbocycles. The van der Waals surface area contributed by atoms with Gasteiger partial charge in [-0.15, -0.1) is 0 Å². The average Bonchev–Trinajstić information content (AvgIpc) is 3.05. The molecular weight excluding hydrogens is 677 g/mol. The van der Waals surface area contributed by atoms with Crippen molar-refractivity contribution in [2.45, 2.75) is 69.9 Å². The summed E-state index contributed by atoms with van der Waals surface area (Å²) in [5, 5.41) is 7.93. The Hall–Kier alpha value is -2.85. The number of hydrogen-bond donors (Lipinski definition) is 7. The number of amides is 3. The van der Waals surface area contributed by atoms with Crippen LogP contribution in [0.1, 0.15) is 62.0 Å². The van der Waals surface area contributed by atoms with Crippen molar-refractivity contribution in [1.29, 1.82) is 0 Å². The fraction of sp³-hybridized carbons (Fsp3) is 0.567. The molecule has 0 spiro atoms. The maximum absolute atomic E-state index is 13.8. The van der Waals surface area contributed by atoms with Gasteiger partial charge in [0.05, 0.1) is 12.1 Å². The predicted molar refractivity (Wildman–Crippen MR) is 183 cm³/mol. The monoisotopic (exact) mass is 724 g/mol. The second-order valence-corrected chi connectivity index (χ2v) is 15.4. The van der Waals surface area contributed by atoms with Crippen LogP contribution in [-0.2, 0) is 29.9 Å². The van der Waals surface area contributed by atoms with Gasteiger partial charge in [0.2, 0.25) is 25.7 Å². The average molecular weight is 724 g/mol. The van der Waals surface area contributed by atoms with Crippen molar-refractivity contribution in [2.24, 2.45) is 5.92 Å². The van der Waals surface area contributed by atoms with Crippen LogP contribution in [0.5, 0.6) is 0 Å². The van der Waals surface area contributed by atoms with E-state index in [0.29, 0.717) is 58.5 Å². The SMILES string of the molecule is CC(C)C[C@@H](NC(=O)[C@@H](Cc1ccccc1)NC(=O)c1cnccn1)B1OCCCN(CCCC(=O)NC(P(O)O)P(=O)(O)O)CCCO1. The van der Waals surface area contributed by atoms with Gasteiger partial charge in [-0.1, -0.05) is 44.2 Å². The van der Waals surface area contributed by atoms with Crippen molar-refractivity contribution in [1.82, 2.24) is 30.8 Å². The van der Waals surface area contributed by atoms with E-state index in [1.165, 1.54) is 18.6 Å². The van der Waals surface area contributed by atoms with Gasteiger partial charge >= 0.3 is 14.7 Å². The van der Waals surface area contributed by atoms with E-state index in [9.17, 15) is 38.5 Å². The molecule has 1 aromatic carbocycles. The normalized spacial score (nSPS) is 16.9. The van der Waals surface area contributed by atoms with Gasteiger partial charge in [-0.25, -0.2) is 4.98 Å². The number of nitrogens with one attached hydrogen (secondary N) is 3. The highest BCUT2D eigenvalue weighted by Crippen LogP contribution is 2.53. The maximum atomic E-state index is 13.8. The lowest BCUT2D eigenvalue weighted by atomic mass is 9.73. The van der Waals surface area contributed by atoms with Gasteiger partial charge in [0.25, 0.3) is 5.91 Å². The third kappa shape index (κ3) is 14.9. The Labute approximate surface area is 288 Å². The zero-order valence-corrected chi connectivity index (χ0v) is 29.5. The van der Waals surface area contributed by atoms with E-state index in [4.69, 9.17) is 9.31 Å². The molecule has 0 radical (unpaired) electrons. The summed E-state index contributed by atoms with van der Waals surface area (Å²) in [6.07, 6.45) is 6.64. The second-order valence-electron chi connectivity index (χ2n) is 12.2. The minimum absolute atomic E-state index is 0.0493. The first-order valence-electron chi connectivity index (χ1n) is 16.2. The first-order valence-corrected chi connectivity index (χ1v) is 19.2. The molecule has 270 valence electrons. The summed E-state index contributed by atoms with van der Waals surface area (Å²) in [5.41, 5.74) is -1.05. The van der Waals surface area contributed by atoms with E-state index in [2.05, 4.69) is 25.5 Å². The van der Waals surface area contributed by atoms with Crippen LogP contribution in [0, 0.1) is 5.92 Å². The molecule has 7 N–H and O–H groups in total. The van der Waals surface area contributed by atoms with Crippen LogP contribution < -0.4 is 16.0 Å². The zero-order valence-electron chi connectivity index (χ0n) is 27.8. The number of hydrogen-bond acceptors (Lipinski definition) is 11. The summed E-state index contributed by atoms with van der Waals surface area (Å²) in [7, 11) is -8.68. The third-order valence-corrected chi connectivity index (χ3v) is 10.4. The highest BCUT2D eigenvalue weighted by Gasteiger charge is 2.37. The molecule has 16 nitrogen and oxygen atoms in total. The van der Waals surface area contributed by atoms with Crippen LogP contribution in [0.15, 0.2) is 48.9 Å². The van der Waals surface area contributed by atoms with Gasteiger partial charge in [-0.05, 0) is 43.7 Å². The molecule has 3 rings (SSSR count). The standard InChI is InChI=1S/C30H47BN6O10P2/c1-22(2)19-26(35-28(39)24(20-23-9-4-3-5-10-23)34-29(40)25-21-32-12-13-33-25)31-46-17-7-15-37(16-8-18-47-31)14-6-11-27(38)36-30(48(41)42)49(43,44)45/h3-5,9-10,12-13,21-22,24,26,30,41-42H,6-8,11,14-20H2,1-2H3,(H,34,40)(H,35,39)(H,36,38)(H2,43,44,45)/t24-,26-,30?/m1/s1. The largest absolute Gasteiger partial charge is 0.480 e. The van der Waals surface area contributed by atoms with Crippen molar-refractivity contribution in [3.63, 3.8) is 0 Å². The lowest BCUT2D eigenvalue weighted by Crippen LogP contribution is -2.56. The summed E-state index contributed by atoms with van der Waals surface area (Å²) in [4.78, 5) is 86.1. The molecule has 1 saturated heterocycles. The first kappa shape index (κ1) is 40.6. The van der Waals surface area contributed by atoms with Gasteiger partial charge in [-0.2, -0.15) is 0 Å². The topological polar surface area (TPSA) is 233 Å². The molecular formula is C30H47BN6O10P2. The molecule has 3 amide bonds. The highest BCUT2D eigenvalue weighted by atomic mass is 31.2. The zero-order chi connectivity index (χ0) is 35.8. The summed E-state index contributed by atoms with van der Waals surface area (Å²) >= 11 is 0. The quantitative estimate of drug-likeness (QED) is 0.0953. The molecule has 2 heterocycles. The second kappa shape index (κ2) is 20.7. The van der Waals surface area contributed by atoms with E-state index < -0.39 is 52.4 Å². The van der Waals surface area contributed by atoms with Gasteiger partial charge in [0, 0.05) is 51.5 Å². The van der Waals surface area contributed by atoms with Crippen LogP contribution in [-0.4, -0.2) is 110 Å². The molecule has 1 fully saturated rings. The van der Waals surface area contributed by atoms with E-state index in [1.54, 1.807) is 0 Å². The lowest BCUT2D eigenvalue weighted by Gasteiger charge is -2.30. The van der Waals surface area contributed by atoms with E-state index in [-0.39, 0.29) is 30.4 Å². The minimum atomic E-state index is -4.92. The Morgan fingerprint density at radius 2 is 1.69 bits per heavy atom. The van der Waals surface area contributed by atoms with E-state index >= 15 is 0 Å². The van der Waals surface area contributed by atoms with Crippen molar-refractivity contribution in [3.8, 4) is 0 Å². The Morgan fingerprint density at radius 1 is 1.02 bits per heavy atom. The van der Waals surface area contributed by atoms with Crippen LogP contribution in [0.3, 0.4) is 0 Å². The highest BCUT2D eigenvalue weighted by molar-refractivity contribution is 7.67. The first-order chi connectivity index (χ1) is 23.3. The number of aromatic nitrogens is 2. The molecule has 1 aliphatic rings. The molecule has 1 aliphatic heterocycles. The van der Waals surface area contributed by atoms with Crippen molar-refractivity contribution in [3.05, 3.63) is 60.2 Å². The number of benzene rings is 1. The van der Waals surface area contributed by atoms with Crippen LogP contribution >= 0.6 is 16.0 Å². The Kier molecular flexibility index (Phi) is 17.2. The smallest absolute Gasteiger partial charge is 0.410 e. The molecule has 0 aliphatic carbocycles. The fourth-order valence-electron chi connectivity index (χ4n) is 5.28. The van der Waals surface area contributed by atoms with E-state index in [0.717, 1.165) is 5.56 Å².